The number of hydrogen-bond donors (Lipinski definition) is 0. The van der Waals surface area contributed by atoms with Crippen LogP contribution in [0, 0.1) is 24.1 Å². The van der Waals surface area contributed by atoms with Crippen molar-refractivity contribution in [1.29, 1.82) is 5.26 Å². The maximum absolute atomic E-state index is 14.0. The van der Waals surface area contributed by atoms with Crippen molar-refractivity contribution < 1.29 is 9.13 Å². The number of ether oxygens (including phenoxy) is 1. The third-order valence-electron chi connectivity index (χ3n) is 4.08. The lowest BCUT2D eigenvalue weighted by Crippen LogP contribution is -1.97. The van der Waals surface area contributed by atoms with Crippen LogP contribution in [-0.4, -0.2) is 0 Å². The van der Waals surface area contributed by atoms with E-state index in [2.05, 4.69) is 0 Å². The largest absolute Gasteiger partial charge is 0.486 e. The van der Waals surface area contributed by atoms with Gasteiger partial charge in [0.25, 0.3) is 0 Å². The molecule has 0 amide bonds. The average Bonchev–Trinajstić information content (AvgIpc) is 2.66. The molecule has 0 heterocycles. The fourth-order valence-corrected chi connectivity index (χ4v) is 3.39. The molecule has 3 aromatic rings. The molecule has 3 rings (SSSR count). The van der Waals surface area contributed by atoms with Gasteiger partial charge >= 0.3 is 0 Å². The summed E-state index contributed by atoms with van der Waals surface area (Å²) in [5.74, 6) is -0.100. The number of benzene rings is 3. The smallest absolute Gasteiger partial charge is 0.157 e. The van der Waals surface area contributed by atoms with Gasteiger partial charge in [-0.25, -0.2) is 4.39 Å². The van der Waals surface area contributed by atoms with Crippen molar-refractivity contribution in [2.45, 2.75) is 13.5 Å². The van der Waals surface area contributed by atoms with Crippen LogP contribution in [0.25, 0.3) is 11.6 Å². The Balaban J connectivity index is 1.87. The molecule has 0 N–H and O–H groups in total. The SMILES string of the molecule is Cc1cccc(COc2c(Cl)cc(/C=C(/C#N)c3ccccc3F)cc2Cl)c1. The molecular formula is C23H16Cl2FNO. The second kappa shape index (κ2) is 8.93. The van der Waals surface area contributed by atoms with Crippen LogP contribution in [0.3, 0.4) is 0 Å². The van der Waals surface area contributed by atoms with Gasteiger partial charge < -0.3 is 4.74 Å². The minimum absolute atomic E-state index is 0.179. The maximum atomic E-state index is 14.0. The van der Waals surface area contributed by atoms with Crippen LogP contribution in [0.2, 0.25) is 10.0 Å². The van der Waals surface area contributed by atoms with E-state index < -0.39 is 5.82 Å². The van der Waals surface area contributed by atoms with E-state index in [1.165, 1.54) is 6.07 Å². The van der Waals surface area contributed by atoms with E-state index in [4.69, 9.17) is 27.9 Å². The van der Waals surface area contributed by atoms with Gasteiger partial charge in [-0.05, 0) is 42.3 Å². The lowest BCUT2D eigenvalue weighted by molar-refractivity contribution is 0.306. The Hall–Kier alpha value is -2.80. The highest BCUT2D eigenvalue weighted by atomic mass is 35.5. The van der Waals surface area contributed by atoms with E-state index in [0.29, 0.717) is 28.0 Å². The minimum atomic E-state index is -0.467. The van der Waals surface area contributed by atoms with Crippen molar-refractivity contribution in [3.63, 3.8) is 0 Å². The Morgan fingerprint density at radius 2 is 1.79 bits per heavy atom. The van der Waals surface area contributed by atoms with Crippen LogP contribution >= 0.6 is 23.2 Å². The number of rotatable bonds is 5. The third kappa shape index (κ3) is 4.72. The first-order valence-corrected chi connectivity index (χ1v) is 9.27. The normalized spacial score (nSPS) is 11.2. The number of allylic oxidation sites excluding steroid dienone is 1. The molecule has 0 fully saturated rings. The first kappa shape index (κ1) is 19.9. The van der Waals surface area contributed by atoms with Crippen LogP contribution in [0.1, 0.15) is 22.3 Å². The molecule has 0 spiro atoms. The zero-order valence-electron chi connectivity index (χ0n) is 15.0. The first-order valence-electron chi connectivity index (χ1n) is 8.52. The molecule has 2 nitrogen and oxygen atoms in total. The van der Waals surface area contributed by atoms with E-state index in [-0.39, 0.29) is 11.1 Å². The molecule has 0 aromatic heterocycles. The van der Waals surface area contributed by atoms with Crippen molar-refractivity contribution in [3.8, 4) is 11.8 Å². The van der Waals surface area contributed by atoms with Gasteiger partial charge in [0.05, 0.1) is 21.7 Å². The summed E-state index contributed by atoms with van der Waals surface area (Å²) < 4.78 is 19.8. The molecule has 0 radical (unpaired) electrons. The molecule has 0 aliphatic carbocycles. The number of aryl methyl sites for hydroxylation is 1. The number of hydrogen-bond acceptors (Lipinski definition) is 2. The highest BCUT2D eigenvalue weighted by Crippen LogP contribution is 2.36. The van der Waals surface area contributed by atoms with Gasteiger partial charge in [0.15, 0.2) is 5.75 Å². The Bertz CT molecular complexity index is 1060. The second-order valence-electron chi connectivity index (χ2n) is 6.24. The summed E-state index contributed by atoms with van der Waals surface area (Å²) in [6.45, 7) is 2.34. The van der Waals surface area contributed by atoms with E-state index in [0.717, 1.165) is 11.1 Å². The topological polar surface area (TPSA) is 33.0 Å². The highest BCUT2D eigenvalue weighted by Gasteiger charge is 2.12. The van der Waals surface area contributed by atoms with Crippen molar-refractivity contribution in [2.24, 2.45) is 0 Å². The highest BCUT2D eigenvalue weighted by molar-refractivity contribution is 6.37. The predicted octanol–water partition coefficient (Wildman–Crippen LogP) is 7.08. The van der Waals surface area contributed by atoms with Crippen molar-refractivity contribution >= 4 is 34.9 Å². The van der Waals surface area contributed by atoms with E-state index in [9.17, 15) is 9.65 Å². The standard InChI is InChI=1S/C23H16Cl2FNO/c1-15-5-4-6-16(9-15)14-28-23-20(24)11-17(12-21(23)25)10-18(13-27)19-7-2-3-8-22(19)26/h2-12H,14H2,1H3/b18-10-. The molecule has 0 saturated heterocycles. The average molecular weight is 412 g/mol. The molecule has 0 saturated carbocycles. The maximum Gasteiger partial charge on any atom is 0.157 e. The minimum Gasteiger partial charge on any atom is -0.486 e. The Labute approximate surface area is 173 Å². The predicted molar refractivity (Wildman–Crippen MR) is 112 cm³/mol. The molecule has 28 heavy (non-hydrogen) atoms. The summed E-state index contributed by atoms with van der Waals surface area (Å²) in [6.07, 6.45) is 1.54. The van der Waals surface area contributed by atoms with Crippen LogP contribution in [0.5, 0.6) is 5.75 Å². The molecule has 0 unspecified atom stereocenters. The second-order valence-corrected chi connectivity index (χ2v) is 7.06. The van der Waals surface area contributed by atoms with Gasteiger partial charge in [-0.15, -0.1) is 0 Å². The van der Waals surface area contributed by atoms with Crippen molar-refractivity contribution in [2.75, 3.05) is 0 Å². The van der Waals surface area contributed by atoms with Gasteiger partial charge in [0, 0.05) is 5.56 Å². The van der Waals surface area contributed by atoms with Crippen molar-refractivity contribution in [3.05, 3.63) is 98.8 Å². The van der Waals surface area contributed by atoms with E-state index in [1.807, 2.05) is 37.3 Å². The van der Waals surface area contributed by atoms with Gasteiger partial charge in [-0.3, -0.25) is 0 Å². The zero-order chi connectivity index (χ0) is 20.1. The summed E-state index contributed by atoms with van der Waals surface area (Å²) >= 11 is 12.7. The van der Waals surface area contributed by atoms with Crippen LogP contribution in [0.15, 0.2) is 60.7 Å². The number of halogens is 3. The Morgan fingerprint density at radius 3 is 2.43 bits per heavy atom. The van der Waals surface area contributed by atoms with Gasteiger partial charge in [0.1, 0.15) is 12.4 Å². The summed E-state index contributed by atoms with van der Waals surface area (Å²) in [4.78, 5) is 0. The van der Waals surface area contributed by atoms with Gasteiger partial charge in [0.2, 0.25) is 0 Å². The molecule has 0 aliphatic heterocycles. The lowest BCUT2D eigenvalue weighted by atomic mass is 10.0. The molecule has 0 aliphatic rings. The molecule has 0 bridgehead atoms. The summed E-state index contributed by atoms with van der Waals surface area (Å²) in [7, 11) is 0. The van der Waals surface area contributed by atoms with E-state index in [1.54, 1.807) is 36.4 Å². The zero-order valence-corrected chi connectivity index (χ0v) is 16.6. The lowest BCUT2D eigenvalue weighted by Gasteiger charge is -2.11. The number of nitrogens with zero attached hydrogens (tertiary/aromatic N) is 1. The molecule has 3 aromatic carbocycles. The first-order chi connectivity index (χ1) is 13.5. The van der Waals surface area contributed by atoms with Gasteiger partial charge in [-0.2, -0.15) is 5.26 Å². The summed E-state index contributed by atoms with van der Waals surface area (Å²) in [6, 6.07) is 19.3. The fraction of sp³-hybridized carbons (Fsp3) is 0.0870. The number of nitriles is 1. The van der Waals surface area contributed by atoms with Gasteiger partial charge in [-0.1, -0.05) is 71.2 Å². The van der Waals surface area contributed by atoms with Crippen LogP contribution in [-0.2, 0) is 6.61 Å². The third-order valence-corrected chi connectivity index (χ3v) is 4.64. The van der Waals surface area contributed by atoms with E-state index >= 15 is 0 Å². The fourth-order valence-electron chi connectivity index (χ4n) is 2.77. The summed E-state index contributed by atoms with van der Waals surface area (Å²) in [5, 5.41) is 10.0. The molecule has 140 valence electrons. The Morgan fingerprint density at radius 1 is 1.07 bits per heavy atom. The van der Waals surface area contributed by atoms with Crippen molar-refractivity contribution in [1.82, 2.24) is 0 Å². The van der Waals surface area contributed by atoms with Crippen LogP contribution < -0.4 is 4.74 Å². The molecule has 5 heteroatoms. The quantitative estimate of drug-likeness (QED) is 0.331. The molecular weight excluding hydrogens is 396 g/mol. The van der Waals surface area contributed by atoms with Crippen LogP contribution in [0.4, 0.5) is 4.39 Å². The Kier molecular flexibility index (Phi) is 6.36. The summed E-state index contributed by atoms with van der Waals surface area (Å²) in [5.41, 5.74) is 3.12. The monoisotopic (exact) mass is 411 g/mol. The molecule has 0 atom stereocenters.